The number of carbonyl (C=O) groups is 2. The Bertz CT molecular complexity index is 215. The molecular weight excluding hydrogens is 236 g/mol. The van der Waals surface area contributed by atoms with Gasteiger partial charge in [0, 0.05) is 14.0 Å². The molecule has 8 heteroatoms. The van der Waals surface area contributed by atoms with Crippen LogP contribution in [0.15, 0.2) is 0 Å². The van der Waals surface area contributed by atoms with Gasteiger partial charge in [-0.05, 0) is 0 Å². The number of aliphatic hydroxyl groups excluding tert-OH is 4. The number of aliphatic carboxylic acids is 1. The standard InChI is InChI=1S/C7H14O6.C2H4O2/c1-13-5(3-9)7(12)6(11)4(10)2-8;1-2(3)4/h3-8,10-12H,2H2,1H3;1H3,(H,3,4)/t4-,5+,6-,7-;/m1./s1. The Labute approximate surface area is 98.1 Å². The number of ether oxygens (including phenoxy) is 1. The van der Waals surface area contributed by atoms with Crippen LogP contribution in [-0.2, 0) is 14.3 Å². The number of hydrogen-bond acceptors (Lipinski definition) is 7. The minimum atomic E-state index is -1.61. The molecule has 0 aromatic carbocycles. The van der Waals surface area contributed by atoms with Crippen molar-refractivity contribution < 1.29 is 39.9 Å². The summed E-state index contributed by atoms with van der Waals surface area (Å²) in [5.74, 6) is -0.833. The van der Waals surface area contributed by atoms with E-state index < -0.39 is 37.0 Å². The number of carbonyl (C=O) groups excluding carboxylic acids is 1. The number of methoxy groups -OCH3 is 1. The van der Waals surface area contributed by atoms with E-state index in [0.29, 0.717) is 6.29 Å². The van der Waals surface area contributed by atoms with Crippen molar-refractivity contribution in [3.63, 3.8) is 0 Å². The third-order valence-electron chi connectivity index (χ3n) is 1.67. The zero-order chi connectivity index (χ0) is 14.0. The third-order valence-corrected chi connectivity index (χ3v) is 1.67. The molecular formula is C9H18O8. The van der Waals surface area contributed by atoms with Crippen LogP contribution in [-0.4, -0.2) is 75.9 Å². The molecule has 0 aromatic heterocycles. The van der Waals surface area contributed by atoms with Gasteiger partial charge in [0.2, 0.25) is 0 Å². The number of aldehydes is 1. The quantitative estimate of drug-likeness (QED) is 0.324. The zero-order valence-corrected chi connectivity index (χ0v) is 9.55. The Balaban J connectivity index is 0. The maximum Gasteiger partial charge on any atom is 0.300 e. The van der Waals surface area contributed by atoms with Gasteiger partial charge in [0.05, 0.1) is 6.61 Å². The fourth-order valence-electron chi connectivity index (χ4n) is 0.805. The van der Waals surface area contributed by atoms with E-state index >= 15 is 0 Å². The summed E-state index contributed by atoms with van der Waals surface area (Å²) < 4.78 is 4.51. The van der Waals surface area contributed by atoms with Crippen molar-refractivity contribution in [1.82, 2.24) is 0 Å². The summed E-state index contributed by atoms with van der Waals surface area (Å²) >= 11 is 0. The molecule has 0 rings (SSSR count). The molecule has 8 nitrogen and oxygen atoms in total. The van der Waals surface area contributed by atoms with E-state index in [0.717, 1.165) is 6.92 Å². The first-order valence-electron chi connectivity index (χ1n) is 4.64. The highest BCUT2D eigenvalue weighted by atomic mass is 16.5. The second-order valence-corrected chi connectivity index (χ2v) is 3.09. The molecule has 17 heavy (non-hydrogen) atoms. The van der Waals surface area contributed by atoms with Crippen molar-refractivity contribution in [2.75, 3.05) is 13.7 Å². The van der Waals surface area contributed by atoms with Crippen LogP contribution in [0, 0.1) is 0 Å². The van der Waals surface area contributed by atoms with Crippen molar-refractivity contribution in [2.45, 2.75) is 31.3 Å². The van der Waals surface area contributed by atoms with Gasteiger partial charge in [-0.1, -0.05) is 0 Å². The highest BCUT2D eigenvalue weighted by molar-refractivity contribution is 5.62. The van der Waals surface area contributed by atoms with Gasteiger partial charge in [0.15, 0.2) is 6.29 Å². The molecule has 0 bridgehead atoms. The second kappa shape index (κ2) is 10.1. The van der Waals surface area contributed by atoms with E-state index in [-0.39, 0.29) is 0 Å². The van der Waals surface area contributed by atoms with Crippen LogP contribution >= 0.6 is 0 Å². The molecule has 5 N–H and O–H groups in total. The molecule has 0 saturated heterocycles. The molecule has 4 atom stereocenters. The summed E-state index contributed by atoms with van der Waals surface area (Å²) in [6.45, 7) is 0.382. The third kappa shape index (κ3) is 8.72. The molecule has 0 aliphatic heterocycles. The summed E-state index contributed by atoms with van der Waals surface area (Å²) in [7, 11) is 1.18. The van der Waals surface area contributed by atoms with Crippen molar-refractivity contribution in [3.8, 4) is 0 Å². The minimum absolute atomic E-state index is 0.304. The summed E-state index contributed by atoms with van der Waals surface area (Å²) in [6, 6.07) is 0. The average Bonchev–Trinajstić information content (AvgIpc) is 2.27. The molecule has 0 amide bonds. The molecule has 0 aliphatic carbocycles. The van der Waals surface area contributed by atoms with Gasteiger partial charge in [-0.25, -0.2) is 0 Å². The van der Waals surface area contributed by atoms with Crippen molar-refractivity contribution >= 4 is 12.3 Å². The molecule has 0 radical (unpaired) electrons. The first-order valence-corrected chi connectivity index (χ1v) is 4.64. The number of rotatable bonds is 6. The van der Waals surface area contributed by atoms with Gasteiger partial charge in [-0.15, -0.1) is 0 Å². The average molecular weight is 254 g/mol. The SMILES string of the molecule is CC(=O)O.CO[C@@H](C=O)[C@@H](O)[C@H](O)[C@H](O)CO. The largest absolute Gasteiger partial charge is 0.481 e. The van der Waals surface area contributed by atoms with E-state index in [9.17, 15) is 9.90 Å². The van der Waals surface area contributed by atoms with Crippen LogP contribution in [0.25, 0.3) is 0 Å². The maximum atomic E-state index is 10.3. The number of aliphatic hydroxyl groups is 4. The van der Waals surface area contributed by atoms with E-state index in [4.69, 9.17) is 25.2 Å². The highest BCUT2D eigenvalue weighted by Gasteiger charge is 2.30. The normalized spacial score (nSPS) is 17.1. The Morgan fingerprint density at radius 3 is 1.94 bits per heavy atom. The van der Waals surface area contributed by atoms with E-state index in [1.165, 1.54) is 7.11 Å². The number of carboxylic acid groups (broad SMARTS) is 1. The molecule has 0 aliphatic rings. The number of hydrogen-bond donors (Lipinski definition) is 5. The van der Waals surface area contributed by atoms with E-state index in [1.807, 2.05) is 0 Å². The molecule has 0 heterocycles. The molecule has 0 unspecified atom stereocenters. The van der Waals surface area contributed by atoms with Crippen LogP contribution in [0.2, 0.25) is 0 Å². The Morgan fingerprint density at radius 2 is 1.71 bits per heavy atom. The van der Waals surface area contributed by atoms with Gasteiger partial charge in [0.25, 0.3) is 5.97 Å². The lowest BCUT2D eigenvalue weighted by molar-refractivity contribution is -0.141. The van der Waals surface area contributed by atoms with Crippen LogP contribution in [0.3, 0.4) is 0 Å². The zero-order valence-electron chi connectivity index (χ0n) is 9.55. The monoisotopic (exact) mass is 254 g/mol. The first kappa shape index (κ1) is 18.3. The van der Waals surface area contributed by atoms with Crippen LogP contribution in [0.1, 0.15) is 6.92 Å². The molecule has 0 spiro atoms. The summed E-state index contributed by atoms with van der Waals surface area (Å²) in [6.07, 6.45) is -5.56. The first-order chi connectivity index (χ1) is 7.81. The van der Waals surface area contributed by atoms with Crippen LogP contribution < -0.4 is 0 Å². The van der Waals surface area contributed by atoms with Gasteiger partial charge < -0.3 is 35.1 Å². The fourth-order valence-corrected chi connectivity index (χ4v) is 0.805. The summed E-state index contributed by atoms with van der Waals surface area (Å²) in [4.78, 5) is 19.3. The van der Waals surface area contributed by atoms with Gasteiger partial charge in [0.1, 0.15) is 24.4 Å². The lowest BCUT2D eigenvalue weighted by atomic mass is 10.0. The van der Waals surface area contributed by atoms with Gasteiger partial charge in [-0.3, -0.25) is 4.79 Å². The lowest BCUT2D eigenvalue weighted by Gasteiger charge is -2.24. The van der Waals surface area contributed by atoms with Crippen molar-refractivity contribution in [2.24, 2.45) is 0 Å². The van der Waals surface area contributed by atoms with Crippen LogP contribution in [0.4, 0.5) is 0 Å². The van der Waals surface area contributed by atoms with Crippen LogP contribution in [0.5, 0.6) is 0 Å². The Morgan fingerprint density at radius 1 is 1.29 bits per heavy atom. The number of carboxylic acids is 1. The van der Waals surface area contributed by atoms with Crippen molar-refractivity contribution in [1.29, 1.82) is 0 Å². The smallest absolute Gasteiger partial charge is 0.300 e. The predicted molar refractivity (Wildman–Crippen MR) is 55.3 cm³/mol. The molecule has 0 aromatic rings. The molecule has 0 fully saturated rings. The summed E-state index contributed by atoms with van der Waals surface area (Å²) in [5, 5.41) is 43.1. The Kier molecular flexibility index (Phi) is 10.9. The van der Waals surface area contributed by atoms with E-state index in [1.54, 1.807) is 0 Å². The molecule has 0 saturated carbocycles. The maximum absolute atomic E-state index is 10.3. The fraction of sp³-hybridized carbons (Fsp3) is 0.778. The predicted octanol–water partition coefficient (Wildman–Crippen LogP) is -2.63. The lowest BCUT2D eigenvalue weighted by Crippen LogP contribution is -2.47. The van der Waals surface area contributed by atoms with E-state index in [2.05, 4.69) is 4.74 Å². The second-order valence-electron chi connectivity index (χ2n) is 3.09. The highest BCUT2D eigenvalue weighted by Crippen LogP contribution is 2.05. The van der Waals surface area contributed by atoms with Crippen molar-refractivity contribution in [3.05, 3.63) is 0 Å². The minimum Gasteiger partial charge on any atom is -0.481 e. The van der Waals surface area contributed by atoms with Gasteiger partial charge in [-0.2, -0.15) is 0 Å². The topological polar surface area (TPSA) is 145 Å². The molecule has 102 valence electrons. The van der Waals surface area contributed by atoms with Gasteiger partial charge >= 0.3 is 0 Å². The summed E-state index contributed by atoms with van der Waals surface area (Å²) in [5.41, 5.74) is 0. The Hall–Kier alpha value is -1.06.